The van der Waals surface area contributed by atoms with Gasteiger partial charge in [0.1, 0.15) is 11.5 Å². The fourth-order valence-corrected chi connectivity index (χ4v) is 2.50. The molecule has 2 aromatic rings. The number of rotatable bonds is 9. The first-order valence-electron chi connectivity index (χ1n) is 8.24. The van der Waals surface area contributed by atoms with Crippen molar-refractivity contribution in [3.63, 3.8) is 0 Å². The van der Waals surface area contributed by atoms with Crippen LogP contribution in [0.4, 0.5) is 0 Å². The topological polar surface area (TPSA) is 81.8 Å². The molecule has 0 saturated heterocycles. The highest BCUT2D eigenvalue weighted by molar-refractivity contribution is 7.71. The molecule has 1 heterocycles. The Kier molecular flexibility index (Phi) is 7.16. The summed E-state index contributed by atoms with van der Waals surface area (Å²) in [4.78, 5) is 13.8. The molecule has 9 heteroatoms. The Morgan fingerprint density at radius 1 is 1.38 bits per heavy atom. The van der Waals surface area contributed by atoms with E-state index in [1.54, 1.807) is 37.3 Å². The third-order valence-electron chi connectivity index (χ3n) is 3.61. The van der Waals surface area contributed by atoms with Gasteiger partial charge in [0.05, 0.1) is 33.0 Å². The van der Waals surface area contributed by atoms with Crippen molar-refractivity contribution in [1.82, 2.24) is 20.0 Å². The molecule has 0 aliphatic rings. The lowest BCUT2D eigenvalue weighted by atomic mass is 10.2. The lowest BCUT2D eigenvalue weighted by Gasteiger charge is -2.15. The van der Waals surface area contributed by atoms with E-state index in [2.05, 4.69) is 10.4 Å². The maximum Gasteiger partial charge on any atom is 0.288 e. The first kappa shape index (κ1) is 19.9. The zero-order valence-corrected chi connectivity index (χ0v) is 16.3. The quantitative estimate of drug-likeness (QED) is 0.669. The van der Waals surface area contributed by atoms with Crippen LogP contribution in [0.1, 0.15) is 13.3 Å². The van der Waals surface area contributed by atoms with Crippen molar-refractivity contribution >= 4 is 18.1 Å². The predicted octanol–water partition coefficient (Wildman–Crippen LogP) is 2.31. The Hall–Kier alpha value is -2.39. The minimum atomic E-state index is -0.0404. The van der Waals surface area contributed by atoms with Crippen LogP contribution in [0.5, 0.6) is 11.5 Å². The number of hydrogen-bond donors (Lipinski definition) is 1. The van der Waals surface area contributed by atoms with E-state index >= 15 is 0 Å². The van der Waals surface area contributed by atoms with E-state index < -0.39 is 0 Å². The van der Waals surface area contributed by atoms with Gasteiger partial charge in [-0.1, -0.05) is 6.92 Å². The molecule has 1 N–H and O–H groups in total. The number of nitrogens with one attached hydrogen (secondary N) is 1. The second kappa shape index (κ2) is 9.35. The van der Waals surface area contributed by atoms with Crippen molar-refractivity contribution in [2.24, 2.45) is 0 Å². The van der Waals surface area contributed by atoms with Crippen LogP contribution < -0.4 is 14.8 Å². The van der Waals surface area contributed by atoms with Crippen molar-refractivity contribution in [1.29, 1.82) is 0 Å². The molecule has 0 atom stereocenters. The molecular weight excluding hydrogens is 356 g/mol. The van der Waals surface area contributed by atoms with Crippen LogP contribution in [0, 0.1) is 4.84 Å². The van der Waals surface area contributed by atoms with Crippen LogP contribution in [0.15, 0.2) is 22.6 Å². The van der Waals surface area contributed by atoms with Gasteiger partial charge in [0.15, 0.2) is 0 Å². The summed E-state index contributed by atoms with van der Waals surface area (Å²) in [7, 11) is 4.96. The van der Waals surface area contributed by atoms with Gasteiger partial charge in [-0.15, -0.1) is 5.10 Å². The van der Waals surface area contributed by atoms with E-state index in [9.17, 15) is 4.79 Å². The molecule has 0 saturated carbocycles. The van der Waals surface area contributed by atoms with Crippen LogP contribution in [0.2, 0.25) is 0 Å². The molecule has 0 bridgehead atoms. The monoisotopic (exact) mass is 380 g/mol. The Morgan fingerprint density at radius 3 is 2.81 bits per heavy atom. The van der Waals surface area contributed by atoms with E-state index in [0.717, 1.165) is 6.42 Å². The van der Waals surface area contributed by atoms with Crippen LogP contribution in [-0.4, -0.2) is 54.9 Å². The van der Waals surface area contributed by atoms with Crippen molar-refractivity contribution in [2.75, 3.05) is 34.4 Å². The van der Waals surface area contributed by atoms with Gasteiger partial charge in [0.25, 0.3) is 10.7 Å². The van der Waals surface area contributed by atoms with Gasteiger partial charge < -0.3 is 19.2 Å². The zero-order chi connectivity index (χ0) is 19.1. The maximum absolute atomic E-state index is 11.8. The van der Waals surface area contributed by atoms with Crippen LogP contribution in [0.3, 0.4) is 0 Å². The molecule has 26 heavy (non-hydrogen) atoms. The first-order valence-corrected chi connectivity index (χ1v) is 8.64. The van der Waals surface area contributed by atoms with E-state index in [1.807, 2.05) is 14.0 Å². The van der Waals surface area contributed by atoms with Crippen molar-refractivity contribution in [3.05, 3.63) is 23.0 Å². The van der Waals surface area contributed by atoms with Gasteiger partial charge in [-0.2, -0.15) is 0 Å². The van der Waals surface area contributed by atoms with E-state index in [-0.39, 0.29) is 17.3 Å². The molecule has 0 fully saturated rings. The molecule has 0 aliphatic carbocycles. The highest BCUT2D eigenvalue weighted by atomic mass is 32.1. The third kappa shape index (κ3) is 5.06. The largest absolute Gasteiger partial charge is 0.497 e. The number of amides is 1. The second-order valence-electron chi connectivity index (χ2n) is 5.74. The molecule has 2 rings (SSSR count). The van der Waals surface area contributed by atoms with Gasteiger partial charge in [0, 0.05) is 12.6 Å². The van der Waals surface area contributed by atoms with Crippen molar-refractivity contribution < 1.29 is 18.7 Å². The van der Waals surface area contributed by atoms with Gasteiger partial charge in [-0.25, -0.2) is 4.68 Å². The summed E-state index contributed by atoms with van der Waals surface area (Å²) in [6, 6.07) is 5.33. The maximum atomic E-state index is 11.8. The number of carbonyl (C=O) groups excluding carboxylic acids is 1. The highest BCUT2D eigenvalue weighted by Crippen LogP contribution is 2.32. The molecule has 1 aromatic carbocycles. The number of nitrogens with zero attached hydrogens (tertiary/aromatic N) is 3. The Balaban J connectivity index is 2.14. The summed E-state index contributed by atoms with van der Waals surface area (Å²) in [6.07, 6.45) is 0.900. The number of ether oxygens (including phenoxy) is 2. The lowest BCUT2D eigenvalue weighted by molar-refractivity contribution is -0.122. The van der Waals surface area contributed by atoms with Crippen LogP contribution in [-0.2, 0) is 11.5 Å². The van der Waals surface area contributed by atoms with Crippen molar-refractivity contribution in [3.8, 4) is 23.0 Å². The Bertz CT molecular complexity index is 802. The molecule has 0 aliphatic heterocycles. The summed E-state index contributed by atoms with van der Waals surface area (Å²) in [6.45, 7) is 3.25. The standard InChI is InChI=1S/C17H24N4O4S/c1-5-8-18-15(22)10-20(2)11-21-17(26)25-16(19-21)13-7-6-12(23-3)9-14(13)24-4/h6-7,9H,5,8,10-11H2,1-4H3,(H,18,22). The second-order valence-corrected chi connectivity index (χ2v) is 6.09. The minimum absolute atomic E-state index is 0.0404. The number of likely N-dealkylation sites (N-methyl/N-ethyl adjacent to an activating group) is 1. The van der Waals surface area contributed by atoms with Crippen LogP contribution >= 0.6 is 12.2 Å². The minimum Gasteiger partial charge on any atom is -0.497 e. The van der Waals surface area contributed by atoms with E-state index in [1.165, 1.54) is 4.68 Å². The highest BCUT2D eigenvalue weighted by Gasteiger charge is 2.16. The molecule has 8 nitrogen and oxygen atoms in total. The summed E-state index contributed by atoms with van der Waals surface area (Å²) < 4.78 is 17.7. The third-order valence-corrected chi connectivity index (χ3v) is 3.90. The summed E-state index contributed by atoms with van der Waals surface area (Å²) >= 11 is 5.24. The predicted molar refractivity (Wildman–Crippen MR) is 99.8 cm³/mol. The summed E-state index contributed by atoms with van der Waals surface area (Å²) in [5, 5.41) is 7.24. The Morgan fingerprint density at radius 2 is 2.15 bits per heavy atom. The first-order chi connectivity index (χ1) is 12.5. The molecule has 142 valence electrons. The average Bonchev–Trinajstić information content (AvgIpc) is 2.99. The molecule has 0 radical (unpaired) electrons. The molecule has 0 unspecified atom stereocenters. The van der Waals surface area contributed by atoms with E-state index in [0.29, 0.717) is 36.2 Å². The van der Waals surface area contributed by atoms with Gasteiger partial charge >= 0.3 is 0 Å². The van der Waals surface area contributed by atoms with Crippen LogP contribution in [0.25, 0.3) is 11.5 Å². The SMILES string of the molecule is CCCNC(=O)CN(C)Cn1nc(-c2ccc(OC)cc2OC)oc1=S. The van der Waals surface area contributed by atoms with Crippen molar-refractivity contribution in [2.45, 2.75) is 20.0 Å². The normalized spacial score (nSPS) is 10.8. The zero-order valence-electron chi connectivity index (χ0n) is 15.4. The number of methoxy groups -OCH3 is 2. The molecular formula is C17H24N4O4S. The number of hydrogen-bond acceptors (Lipinski definition) is 7. The number of carbonyl (C=O) groups is 1. The smallest absolute Gasteiger partial charge is 0.288 e. The summed E-state index contributed by atoms with van der Waals surface area (Å²) in [5.41, 5.74) is 0.668. The number of benzene rings is 1. The number of aromatic nitrogens is 2. The lowest BCUT2D eigenvalue weighted by Crippen LogP contribution is -2.36. The molecule has 1 amide bonds. The van der Waals surface area contributed by atoms with Gasteiger partial charge in [-0.05, 0) is 37.8 Å². The Labute approximate surface area is 157 Å². The molecule has 1 aromatic heterocycles. The fraction of sp³-hybridized carbons (Fsp3) is 0.471. The fourth-order valence-electron chi connectivity index (χ4n) is 2.32. The summed E-state index contributed by atoms with van der Waals surface area (Å²) in [5.74, 6) is 1.54. The van der Waals surface area contributed by atoms with Gasteiger partial charge in [-0.3, -0.25) is 9.69 Å². The molecule has 0 spiro atoms. The van der Waals surface area contributed by atoms with E-state index in [4.69, 9.17) is 26.1 Å². The van der Waals surface area contributed by atoms with Gasteiger partial charge in [0.2, 0.25) is 5.91 Å². The average molecular weight is 380 g/mol.